The van der Waals surface area contributed by atoms with Crippen molar-refractivity contribution in [3.8, 4) is 0 Å². The van der Waals surface area contributed by atoms with Crippen LogP contribution in [0.1, 0.15) is 51.5 Å². The van der Waals surface area contributed by atoms with E-state index >= 15 is 0 Å². The van der Waals surface area contributed by atoms with Crippen molar-refractivity contribution < 1.29 is 14.7 Å². The van der Waals surface area contributed by atoms with Crippen LogP contribution in [0.15, 0.2) is 35.5 Å². The van der Waals surface area contributed by atoms with Gasteiger partial charge in [-0.1, -0.05) is 35.5 Å². The summed E-state index contributed by atoms with van der Waals surface area (Å²) in [5.41, 5.74) is 6.14. The summed E-state index contributed by atoms with van der Waals surface area (Å²) in [4.78, 5) is 14.6. The van der Waals surface area contributed by atoms with Crippen molar-refractivity contribution in [3.63, 3.8) is 0 Å². The number of nitrogens with two attached hydrogens (primary N) is 1. The topological polar surface area (TPSA) is 88.2 Å². The van der Waals surface area contributed by atoms with E-state index in [4.69, 9.17) is 15.7 Å². The van der Waals surface area contributed by atoms with E-state index in [1.54, 1.807) is 4.90 Å². The van der Waals surface area contributed by atoms with Crippen LogP contribution in [0.5, 0.6) is 0 Å². The van der Waals surface area contributed by atoms with E-state index in [0.29, 0.717) is 12.5 Å². The first-order valence-corrected chi connectivity index (χ1v) is 8.78. The van der Waals surface area contributed by atoms with Gasteiger partial charge >= 0.3 is 6.09 Å². The van der Waals surface area contributed by atoms with Crippen LogP contribution in [-0.4, -0.2) is 40.2 Å². The summed E-state index contributed by atoms with van der Waals surface area (Å²) in [7, 11) is 0. The van der Waals surface area contributed by atoms with Gasteiger partial charge in [-0.25, -0.2) is 4.79 Å². The Labute approximate surface area is 148 Å². The summed E-state index contributed by atoms with van der Waals surface area (Å²) in [6.45, 7) is 6.02. The summed E-state index contributed by atoms with van der Waals surface area (Å²) in [6, 6.07) is 10.3. The fourth-order valence-electron chi connectivity index (χ4n) is 3.30. The van der Waals surface area contributed by atoms with Gasteiger partial charge in [0.05, 0.1) is 0 Å². The number of hydrogen-bond acceptors (Lipinski definition) is 4. The predicted molar refractivity (Wildman–Crippen MR) is 95.6 cm³/mol. The second kappa shape index (κ2) is 6.24. The molecule has 0 bridgehead atoms. The molecule has 2 aliphatic rings. The first kappa shape index (κ1) is 17.6. The zero-order valence-electron chi connectivity index (χ0n) is 15.1. The molecule has 3 N–H and O–H groups in total. The maximum atomic E-state index is 12.8. The Morgan fingerprint density at radius 2 is 2.00 bits per heavy atom. The van der Waals surface area contributed by atoms with Gasteiger partial charge in [-0.15, -0.1) is 0 Å². The van der Waals surface area contributed by atoms with Crippen LogP contribution in [0.3, 0.4) is 0 Å². The zero-order valence-corrected chi connectivity index (χ0v) is 15.1. The molecular formula is C19H27N3O3. The standard InChI is InChI=1S/C19H27N3O3/c1-18(2,3)25-17(23)22(12-19(9-10-19)16(20)21-24)15-11-14(15)13-7-5-4-6-8-13/h4-8,14-15,24H,9-12H2,1-3H3,(H2,20,21)/t14?,15-/m0/s1. The summed E-state index contributed by atoms with van der Waals surface area (Å²) >= 11 is 0. The molecule has 136 valence electrons. The normalized spacial score (nSPS) is 24.5. The highest BCUT2D eigenvalue weighted by atomic mass is 16.6. The Bertz CT molecular complexity index is 662. The van der Waals surface area contributed by atoms with Crippen LogP contribution in [0.4, 0.5) is 4.79 Å². The lowest BCUT2D eigenvalue weighted by atomic mass is 10.0. The van der Waals surface area contributed by atoms with Crippen molar-refractivity contribution >= 4 is 11.9 Å². The molecule has 0 saturated heterocycles. The minimum absolute atomic E-state index is 0.0983. The molecule has 6 nitrogen and oxygen atoms in total. The molecule has 1 aromatic rings. The van der Waals surface area contributed by atoms with E-state index in [9.17, 15) is 4.79 Å². The number of ether oxygens (including phenoxy) is 1. The van der Waals surface area contributed by atoms with Gasteiger partial charge in [-0.3, -0.25) is 0 Å². The molecule has 0 aromatic heterocycles. The van der Waals surface area contributed by atoms with Crippen LogP contribution in [-0.2, 0) is 4.74 Å². The number of amides is 1. The average molecular weight is 345 g/mol. The third-order valence-corrected chi connectivity index (χ3v) is 4.99. The summed E-state index contributed by atoms with van der Waals surface area (Å²) in [6.07, 6.45) is 2.23. The predicted octanol–water partition coefficient (Wildman–Crippen LogP) is 3.31. The van der Waals surface area contributed by atoms with Crippen molar-refractivity contribution in [1.29, 1.82) is 0 Å². The Morgan fingerprint density at radius 3 is 2.52 bits per heavy atom. The van der Waals surface area contributed by atoms with Crippen LogP contribution in [0.25, 0.3) is 0 Å². The zero-order chi connectivity index (χ0) is 18.2. The third-order valence-electron chi connectivity index (χ3n) is 4.99. The quantitative estimate of drug-likeness (QED) is 0.371. The Morgan fingerprint density at radius 1 is 1.36 bits per heavy atom. The first-order chi connectivity index (χ1) is 11.8. The summed E-state index contributed by atoms with van der Waals surface area (Å²) < 4.78 is 5.62. The Balaban J connectivity index is 1.78. The van der Waals surface area contributed by atoms with Crippen LogP contribution in [0.2, 0.25) is 0 Å². The van der Waals surface area contributed by atoms with Gasteiger partial charge in [0, 0.05) is 23.9 Å². The minimum atomic E-state index is -0.556. The lowest BCUT2D eigenvalue weighted by Crippen LogP contribution is -2.45. The van der Waals surface area contributed by atoms with Gasteiger partial charge in [-0.05, 0) is 45.6 Å². The SMILES string of the molecule is CC(C)(C)OC(=O)N(CC1(C(N)=NO)CC1)[C@H]1CC1c1ccccc1. The van der Waals surface area contributed by atoms with Crippen molar-refractivity contribution in [2.45, 2.75) is 57.6 Å². The lowest BCUT2D eigenvalue weighted by molar-refractivity contribution is 0.0207. The highest BCUT2D eigenvalue weighted by molar-refractivity contribution is 5.89. The minimum Gasteiger partial charge on any atom is -0.444 e. The molecular weight excluding hydrogens is 318 g/mol. The number of oxime groups is 1. The highest BCUT2D eigenvalue weighted by Crippen LogP contribution is 2.51. The first-order valence-electron chi connectivity index (χ1n) is 8.78. The molecule has 6 heteroatoms. The van der Waals surface area contributed by atoms with E-state index in [-0.39, 0.29) is 18.0 Å². The van der Waals surface area contributed by atoms with Crippen molar-refractivity contribution in [1.82, 2.24) is 4.90 Å². The van der Waals surface area contributed by atoms with E-state index in [1.165, 1.54) is 5.56 Å². The van der Waals surface area contributed by atoms with Gasteiger partial charge < -0.3 is 20.6 Å². The van der Waals surface area contributed by atoms with E-state index in [1.807, 2.05) is 39.0 Å². The molecule has 0 radical (unpaired) electrons. The van der Waals surface area contributed by atoms with Gasteiger partial charge in [0.15, 0.2) is 0 Å². The van der Waals surface area contributed by atoms with Gasteiger partial charge in [0.1, 0.15) is 11.4 Å². The number of carbonyl (C=O) groups is 1. The molecule has 0 spiro atoms. The fourth-order valence-corrected chi connectivity index (χ4v) is 3.30. The summed E-state index contributed by atoms with van der Waals surface area (Å²) in [5.74, 6) is 0.523. The van der Waals surface area contributed by atoms with Gasteiger partial charge in [0.25, 0.3) is 0 Å². The van der Waals surface area contributed by atoms with Crippen molar-refractivity contribution in [2.24, 2.45) is 16.3 Å². The number of rotatable bonds is 5. The average Bonchev–Trinajstić information content (AvgIpc) is 3.45. The molecule has 1 aromatic carbocycles. The van der Waals surface area contributed by atoms with Crippen LogP contribution >= 0.6 is 0 Å². The lowest BCUT2D eigenvalue weighted by Gasteiger charge is -2.30. The molecule has 2 aliphatic carbocycles. The number of carbonyl (C=O) groups excluding carboxylic acids is 1. The fraction of sp³-hybridized carbons (Fsp3) is 0.579. The third kappa shape index (κ3) is 3.89. The molecule has 2 atom stereocenters. The van der Waals surface area contributed by atoms with E-state index in [0.717, 1.165) is 19.3 Å². The number of nitrogens with zero attached hydrogens (tertiary/aromatic N) is 2. The molecule has 2 fully saturated rings. The largest absolute Gasteiger partial charge is 0.444 e. The molecule has 3 rings (SSSR count). The highest BCUT2D eigenvalue weighted by Gasteiger charge is 2.54. The number of benzene rings is 1. The maximum absolute atomic E-state index is 12.8. The Hall–Kier alpha value is -2.24. The van der Waals surface area contributed by atoms with Crippen LogP contribution < -0.4 is 5.73 Å². The smallest absolute Gasteiger partial charge is 0.410 e. The molecule has 0 aliphatic heterocycles. The van der Waals surface area contributed by atoms with Crippen molar-refractivity contribution in [3.05, 3.63) is 35.9 Å². The van der Waals surface area contributed by atoms with E-state index < -0.39 is 11.0 Å². The van der Waals surface area contributed by atoms with Crippen molar-refractivity contribution in [2.75, 3.05) is 6.54 Å². The van der Waals surface area contributed by atoms with Gasteiger partial charge in [-0.2, -0.15) is 0 Å². The second-order valence-electron chi connectivity index (χ2n) is 8.19. The van der Waals surface area contributed by atoms with Crippen LogP contribution in [0, 0.1) is 5.41 Å². The second-order valence-corrected chi connectivity index (χ2v) is 8.19. The number of hydrogen-bond donors (Lipinski definition) is 2. The molecule has 1 amide bonds. The Kier molecular flexibility index (Phi) is 4.39. The monoisotopic (exact) mass is 345 g/mol. The molecule has 0 heterocycles. The number of amidine groups is 1. The summed E-state index contributed by atoms with van der Waals surface area (Å²) in [5, 5.41) is 12.2. The maximum Gasteiger partial charge on any atom is 0.410 e. The molecule has 2 saturated carbocycles. The molecule has 1 unspecified atom stereocenters. The van der Waals surface area contributed by atoms with Gasteiger partial charge in [0.2, 0.25) is 0 Å². The molecule has 25 heavy (non-hydrogen) atoms. The van der Waals surface area contributed by atoms with E-state index in [2.05, 4.69) is 17.3 Å².